The van der Waals surface area contributed by atoms with E-state index < -0.39 is 0 Å². The second kappa shape index (κ2) is 6.70. The van der Waals surface area contributed by atoms with Crippen molar-refractivity contribution in [3.63, 3.8) is 0 Å². The van der Waals surface area contributed by atoms with Crippen LogP contribution in [0.3, 0.4) is 0 Å². The Balaban J connectivity index is 1.46. The number of para-hydroxylation sites is 1. The number of carbonyl (C=O) groups excluding carboxylic acids is 2. The summed E-state index contributed by atoms with van der Waals surface area (Å²) in [4.78, 5) is 29.0. The van der Waals surface area contributed by atoms with Gasteiger partial charge in [-0.3, -0.25) is 9.59 Å². The van der Waals surface area contributed by atoms with Crippen LogP contribution in [0.5, 0.6) is 0 Å². The van der Waals surface area contributed by atoms with Crippen molar-refractivity contribution in [3.05, 3.63) is 53.5 Å². The van der Waals surface area contributed by atoms with Crippen LogP contribution in [0.25, 0.3) is 16.3 Å². The Kier molecular flexibility index (Phi) is 4.25. The maximum absolute atomic E-state index is 12.1. The lowest BCUT2D eigenvalue weighted by molar-refractivity contribution is -0.114. The second-order valence-corrected chi connectivity index (χ2v) is 7.47. The SMILES string of the molecule is O=C(/C=C/c1nc2ccccc2s1)Nc1ccc2c(c1)NC(=O)CS2. The highest BCUT2D eigenvalue weighted by molar-refractivity contribution is 8.00. The summed E-state index contributed by atoms with van der Waals surface area (Å²) in [5.74, 6) is 0.148. The summed E-state index contributed by atoms with van der Waals surface area (Å²) >= 11 is 3.02. The molecule has 1 aromatic heterocycles. The van der Waals surface area contributed by atoms with Gasteiger partial charge in [0.15, 0.2) is 0 Å². The highest BCUT2D eigenvalue weighted by atomic mass is 32.2. The van der Waals surface area contributed by atoms with E-state index in [0.717, 1.165) is 25.8 Å². The molecule has 0 spiro atoms. The molecule has 3 aromatic rings. The van der Waals surface area contributed by atoms with E-state index in [-0.39, 0.29) is 11.8 Å². The number of aromatic nitrogens is 1. The van der Waals surface area contributed by atoms with Crippen molar-refractivity contribution in [2.24, 2.45) is 0 Å². The van der Waals surface area contributed by atoms with Gasteiger partial charge in [-0.2, -0.15) is 0 Å². The first-order valence-corrected chi connectivity index (χ1v) is 9.39. The Morgan fingerprint density at radius 1 is 1.24 bits per heavy atom. The van der Waals surface area contributed by atoms with Crippen LogP contribution in [-0.2, 0) is 9.59 Å². The van der Waals surface area contributed by atoms with Gasteiger partial charge in [0.1, 0.15) is 5.01 Å². The summed E-state index contributed by atoms with van der Waals surface area (Å²) in [6.07, 6.45) is 3.17. The predicted molar refractivity (Wildman–Crippen MR) is 103 cm³/mol. The van der Waals surface area contributed by atoms with E-state index >= 15 is 0 Å². The van der Waals surface area contributed by atoms with E-state index in [2.05, 4.69) is 15.6 Å². The Morgan fingerprint density at radius 3 is 3.00 bits per heavy atom. The second-order valence-electron chi connectivity index (χ2n) is 5.39. The van der Waals surface area contributed by atoms with Gasteiger partial charge < -0.3 is 10.6 Å². The Labute approximate surface area is 152 Å². The summed E-state index contributed by atoms with van der Waals surface area (Å²) in [5.41, 5.74) is 2.30. The molecule has 7 heteroatoms. The van der Waals surface area contributed by atoms with Crippen molar-refractivity contribution in [1.29, 1.82) is 0 Å². The molecule has 0 radical (unpaired) electrons. The van der Waals surface area contributed by atoms with Gasteiger partial charge in [0.25, 0.3) is 0 Å². The van der Waals surface area contributed by atoms with Crippen molar-refractivity contribution < 1.29 is 9.59 Å². The number of amides is 2. The van der Waals surface area contributed by atoms with Crippen LogP contribution in [0.1, 0.15) is 5.01 Å². The minimum Gasteiger partial charge on any atom is -0.324 e. The van der Waals surface area contributed by atoms with Crippen molar-refractivity contribution in [2.45, 2.75) is 4.90 Å². The van der Waals surface area contributed by atoms with E-state index in [9.17, 15) is 9.59 Å². The van der Waals surface area contributed by atoms with Gasteiger partial charge in [-0.1, -0.05) is 12.1 Å². The third-order valence-electron chi connectivity index (χ3n) is 3.57. The maximum Gasteiger partial charge on any atom is 0.248 e. The van der Waals surface area contributed by atoms with Crippen LogP contribution in [0, 0.1) is 0 Å². The zero-order valence-electron chi connectivity index (χ0n) is 13.0. The van der Waals surface area contributed by atoms with E-state index in [1.54, 1.807) is 12.1 Å². The molecule has 0 saturated heterocycles. The summed E-state index contributed by atoms with van der Waals surface area (Å²) in [5, 5.41) is 6.39. The number of fused-ring (bicyclic) bond motifs is 2. The largest absolute Gasteiger partial charge is 0.324 e. The first-order chi connectivity index (χ1) is 12.2. The molecule has 1 aliphatic rings. The zero-order chi connectivity index (χ0) is 17.2. The number of benzene rings is 2. The fraction of sp³-hybridized carbons (Fsp3) is 0.0556. The number of nitrogens with one attached hydrogen (secondary N) is 2. The first-order valence-electron chi connectivity index (χ1n) is 7.59. The molecule has 2 aromatic carbocycles. The normalized spacial score (nSPS) is 13.7. The van der Waals surface area contributed by atoms with Crippen LogP contribution in [0.2, 0.25) is 0 Å². The van der Waals surface area contributed by atoms with Crippen molar-refractivity contribution >= 4 is 62.6 Å². The van der Waals surface area contributed by atoms with Gasteiger partial charge in [0, 0.05) is 16.7 Å². The summed E-state index contributed by atoms with van der Waals surface area (Å²) < 4.78 is 1.09. The molecule has 0 unspecified atom stereocenters. The number of carbonyl (C=O) groups is 2. The van der Waals surface area contributed by atoms with E-state index in [0.29, 0.717) is 11.4 Å². The lowest BCUT2D eigenvalue weighted by Crippen LogP contribution is -2.19. The van der Waals surface area contributed by atoms with Gasteiger partial charge in [-0.05, 0) is 36.4 Å². The van der Waals surface area contributed by atoms with Gasteiger partial charge >= 0.3 is 0 Å². The molecule has 124 valence electrons. The lowest BCUT2D eigenvalue weighted by Gasteiger charge is -2.17. The molecule has 2 N–H and O–H groups in total. The topological polar surface area (TPSA) is 71.1 Å². The molecule has 0 saturated carbocycles. The third-order valence-corrected chi connectivity index (χ3v) is 5.64. The Hall–Kier alpha value is -2.64. The first kappa shape index (κ1) is 15.9. The maximum atomic E-state index is 12.1. The van der Waals surface area contributed by atoms with E-state index in [4.69, 9.17) is 0 Å². The molecule has 5 nitrogen and oxygen atoms in total. The molecule has 1 aliphatic heterocycles. The quantitative estimate of drug-likeness (QED) is 0.687. The molecule has 0 atom stereocenters. The highest BCUT2D eigenvalue weighted by Gasteiger charge is 2.15. The Morgan fingerprint density at radius 2 is 2.12 bits per heavy atom. The van der Waals surface area contributed by atoms with Crippen LogP contribution in [0.15, 0.2) is 53.4 Å². The van der Waals surface area contributed by atoms with Gasteiger partial charge in [0.2, 0.25) is 11.8 Å². The molecule has 25 heavy (non-hydrogen) atoms. The fourth-order valence-electron chi connectivity index (χ4n) is 2.45. The molecule has 4 rings (SSSR count). The standard InChI is InChI=1S/C18H13N3O2S2/c22-16(7-8-18-21-12-3-1-2-4-15(12)25-18)19-11-5-6-14-13(9-11)20-17(23)10-24-14/h1-9H,10H2,(H,19,22)(H,20,23)/b8-7+. The van der Waals surface area contributed by atoms with Crippen LogP contribution in [-0.4, -0.2) is 22.6 Å². The monoisotopic (exact) mass is 367 g/mol. The van der Waals surface area contributed by atoms with Gasteiger partial charge in [0.05, 0.1) is 21.7 Å². The van der Waals surface area contributed by atoms with Crippen LogP contribution < -0.4 is 10.6 Å². The molecule has 2 heterocycles. The smallest absolute Gasteiger partial charge is 0.248 e. The minimum atomic E-state index is -0.242. The van der Waals surface area contributed by atoms with Crippen molar-refractivity contribution in [2.75, 3.05) is 16.4 Å². The fourth-order valence-corrected chi connectivity index (χ4v) is 4.11. The van der Waals surface area contributed by atoms with E-state index in [1.165, 1.54) is 29.2 Å². The molecule has 0 aliphatic carbocycles. The lowest BCUT2D eigenvalue weighted by atomic mass is 10.2. The number of thiazole rings is 1. The number of hydrogen-bond acceptors (Lipinski definition) is 5. The van der Waals surface area contributed by atoms with Crippen molar-refractivity contribution in [3.8, 4) is 0 Å². The average molecular weight is 367 g/mol. The van der Waals surface area contributed by atoms with Crippen LogP contribution in [0.4, 0.5) is 11.4 Å². The summed E-state index contributed by atoms with van der Waals surface area (Å²) in [6.45, 7) is 0. The Bertz CT molecular complexity index is 977. The summed E-state index contributed by atoms with van der Waals surface area (Å²) in [7, 11) is 0. The molecule has 0 fully saturated rings. The minimum absolute atomic E-state index is 0.0308. The number of nitrogens with zero attached hydrogens (tertiary/aromatic N) is 1. The number of hydrogen-bond donors (Lipinski definition) is 2. The number of anilines is 2. The van der Waals surface area contributed by atoms with Gasteiger partial charge in [-0.15, -0.1) is 23.1 Å². The predicted octanol–water partition coefficient (Wildman–Crippen LogP) is 3.99. The van der Waals surface area contributed by atoms with Crippen LogP contribution >= 0.6 is 23.1 Å². The number of thioether (sulfide) groups is 1. The van der Waals surface area contributed by atoms with Gasteiger partial charge in [-0.25, -0.2) is 4.98 Å². The molecule has 0 bridgehead atoms. The third kappa shape index (κ3) is 3.57. The molecular weight excluding hydrogens is 354 g/mol. The average Bonchev–Trinajstić information content (AvgIpc) is 3.02. The van der Waals surface area contributed by atoms with Crippen molar-refractivity contribution in [1.82, 2.24) is 4.98 Å². The molecule has 2 amide bonds. The summed E-state index contributed by atoms with van der Waals surface area (Å²) in [6, 6.07) is 13.3. The van der Waals surface area contributed by atoms with E-state index in [1.807, 2.05) is 36.4 Å². The zero-order valence-corrected chi connectivity index (χ0v) is 14.6. The number of rotatable bonds is 3. The molecular formula is C18H13N3O2S2. The highest BCUT2D eigenvalue weighted by Crippen LogP contribution is 2.33.